The van der Waals surface area contributed by atoms with Gasteiger partial charge in [0.25, 0.3) is 0 Å². The normalized spacial score (nSPS) is 12.3. The van der Waals surface area contributed by atoms with Crippen molar-refractivity contribution in [3.8, 4) is 0 Å². The Morgan fingerprint density at radius 1 is 1.17 bits per heavy atom. The lowest BCUT2D eigenvalue weighted by atomic mass is 10.3. The standard InChI is InChI=1S/C9H11NO6S2/c1-10-8-2-4-9(5-3-8)17(11,12)7-6-16-18(13,14)15/h2-5H,1,6-7H2,(H,13,14,15). The molecule has 0 aromatic heterocycles. The van der Waals surface area contributed by atoms with Crippen molar-refractivity contribution in [2.45, 2.75) is 4.90 Å². The van der Waals surface area contributed by atoms with Gasteiger partial charge in [-0.15, -0.1) is 0 Å². The molecule has 0 heterocycles. The zero-order valence-electron chi connectivity index (χ0n) is 9.18. The maximum atomic E-state index is 11.7. The lowest BCUT2D eigenvalue weighted by molar-refractivity contribution is 0.284. The van der Waals surface area contributed by atoms with E-state index in [0.717, 1.165) is 0 Å². The van der Waals surface area contributed by atoms with Crippen molar-refractivity contribution in [2.75, 3.05) is 12.4 Å². The maximum absolute atomic E-state index is 11.7. The predicted octanol–water partition coefficient (Wildman–Crippen LogP) is 0.612. The summed E-state index contributed by atoms with van der Waals surface area (Å²) in [5.74, 6) is -0.562. The molecule has 0 bridgehead atoms. The second kappa shape index (κ2) is 5.57. The fourth-order valence-electron chi connectivity index (χ4n) is 1.13. The van der Waals surface area contributed by atoms with E-state index in [1.807, 2.05) is 0 Å². The number of hydrogen-bond acceptors (Lipinski definition) is 6. The minimum atomic E-state index is -4.63. The van der Waals surface area contributed by atoms with E-state index < -0.39 is 32.6 Å². The van der Waals surface area contributed by atoms with Crippen LogP contribution in [0.4, 0.5) is 5.69 Å². The van der Waals surface area contributed by atoms with Crippen molar-refractivity contribution in [2.24, 2.45) is 4.99 Å². The van der Waals surface area contributed by atoms with Gasteiger partial charge in [-0.2, -0.15) is 8.42 Å². The molecule has 0 radical (unpaired) electrons. The molecule has 0 saturated carbocycles. The Morgan fingerprint density at radius 3 is 2.17 bits per heavy atom. The van der Waals surface area contributed by atoms with Gasteiger partial charge >= 0.3 is 10.4 Å². The smallest absolute Gasteiger partial charge is 0.265 e. The van der Waals surface area contributed by atoms with Gasteiger partial charge in [0.15, 0.2) is 9.84 Å². The zero-order chi connectivity index (χ0) is 13.8. The molecule has 0 fully saturated rings. The first kappa shape index (κ1) is 14.8. The second-order valence-corrected chi connectivity index (χ2v) is 6.42. The minimum Gasteiger partial charge on any atom is -0.265 e. The average molecular weight is 293 g/mol. The van der Waals surface area contributed by atoms with E-state index >= 15 is 0 Å². The molecule has 1 aromatic carbocycles. The van der Waals surface area contributed by atoms with Gasteiger partial charge in [-0.05, 0) is 31.0 Å². The maximum Gasteiger partial charge on any atom is 0.397 e. The monoisotopic (exact) mass is 293 g/mol. The third-order valence-corrected chi connectivity index (χ3v) is 4.12. The van der Waals surface area contributed by atoms with Gasteiger partial charge in [0.05, 0.1) is 22.9 Å². The Hall–Kier alpha value is -1.29. The molecule has 1 N–H and O–H groups in total. The van der Waals surface area contributed by atoms with Crippen molar-refractivity contribution in [3.63, 3.8) is 0 Å². The van der Waals surface area contributed by atoms with Gasteiger partial charge in [-0.3, -0.25) is 9.55 Å². The van der Waals surface area contributed by atoms with Crippen LogP contribution in [0.3, 0.4) is 0 Å². The van der Waals surface area contributed by atoms with Crippen LogP contribution < -0.4 is 0 Å². The van der Waals surface area contributed by atoms with Crippen LogP contribution in [0.2, 0.25) is 0 Å². The Morgan fingerprint density at radius 2 is 1.72 bits per heavy atom. The molecule has 1 aromatic rings. The molecule has 0 atom stereocenters. The van der Waals surface area contributed by atoms with Crippen LogP contribution in [-0.4, -0.2) is 40.5 Å². The summed E-state index contributed by atoms with van der Waals surface area (Å²) in [4.78, 5) is 3.61. The summed E-state index contributed by atoms with van der Waals surface area (Å²) in [6.45, 7) is 2.64. The largest absolute Gasteiger partial charge is 0.397 e. The summed E-state index contributed by atoms with van der Waals surface area (Å²) in [6.07, 6.45) is 0. The molecular weight excluding hydrogens is 282 g/mol. The molecule has 0 amide bonds. The number of nitrogens with zero attached hydrogens (tertiary/aromatic N) is 1. The van der Waals surface area contributed by atoms with Crippen LogP contribution in [0, 0.1) is 0 Å². The summed E-state index contributed by atoms with van der Waals surface area (Å²) in [5.41, 5.74) is 0.517. The molecule has 0 spiro atoms. The number of aliphatic imine (C=N–C) groups is 1. The van der Waals surface area contributed by atoms with Gasteiger partial charge in [-0.1, -0.05) is 0 Å². The molecule has 0 aliphatic rings. The predicted molar refractivity (Wildman–Crippen MR) is 65.2 cm³/mol. The quantitative estimate of drug-likeness (QED) is 0.608. The second-order valence-electron chi connectivity index (χ2n) is 3.22. The molecule has 7 nitrogen and oxygen atoms in total. The molecule has 100 valence electrons. The fraction of sp³-hybridized carbons (Fsp3) is 0.222. The lowest BCUT2D eigenvalue weighted by Crippen LogP contribution is -2.15. The van der Waals surface area contributed by atoms with Gasteiger partial charge in [0.1, 0.15) is 0 Å². The zero-order valence-corrected chi connectivity index (χ0v) is 10.8. The minimum absolute atomic E-state index is 0.00818. The summed E-state index contributed by atoms with van der Waals surface area (Å²) in [6, 6.07) is 5.58. The van der Waals surface area contributed by atoms with E-state index in [1.54, 1.807) is 0 Å². The van der Waals surface area contributed by atoms with Gasteiger partial charge in [0.2, 0.25) is 0 Å². The van der Waals surface area contributed by atoms with Crippen molar-refractivity contribution in [3.05, 3.63) is 24.3 Å². The summed E-state index contributed by atoms with van der Waals surface area (Å²) in [7, 11) is -8.30. The first-order valence-corrected chi connectivity index (χ1v) is 7.68. The van der Waals surface area contributed by atoms with E-state index in [0.29, 0.717) is 5.69 Å². The molecule has 0 aliphatic heterocycles. The van der Waals surface area contributed by atoms with E-state index in [-0.39, 0.29) is 4.90 Å². The van der Waals surface area contributed by atoms with Gasteiger partial charge in [0, 0.05) is 0 Å². The summed E-state index contributed by atoms with van der Waals surface area (Å²) in [5, 5.41) is 0. The van der Waals surface area contributed by atoms with E-state index in [2.05, 4.69) is 15.9 Å². The van der Waals surface area contributed by atoms with Crippen molar-refractivity contribution >= 4 is 32.6 Å². The molecule has 0 aliphatic carbocycles. The van der Waals surface area contributed by atoms with Crippen molar-refractivity contribution in [1.82, 2.24) is 0 Å². The van der Waals surface area contributed by atoms with E-state index in [1.165, 1.54) is 24.3 Å². The van der Waals surface area contributed by atoms with Crippen LogP contribution in [-0.2, 0) is 24.4 Å². The highest BCUT2D eigenvalue weighted by Crippen LogP contribution is 2.17. The third-order valence-electron chi connectivity index (χ3n) is 1.96. The Kier molecular flexibility index (Phi) is 4.57. The third kappa shape index (κ3) is 4.53. The Bertz CT molecular complexity index is 618. The van der Waals surface area contributed by atoms with Crippen LogP contribution in [0.15, 0.2) is 34.2 Å². The van der Waals surface area contributed by atoms with Crippen LogP contribution in [0.1, 0.15) is 0 Å². The highest BCUT2D eigenvalue weighted by Gasteiger charge is 2.16. The molecule has 18 heavy (non-hydrogen) atoms. The number of rotatable bonds is 6. The molecule has 0 saturated heterocycles. The summed E-state index contributed by atoms with van der Waals surface area (Å²) >= 11 is 0. The number of sulfone groups is 1. The van der Waals surface area contributed by atoms with Crippen molar-refractivity contribution in [1.29, 1.82) is 0 Å². The molecule has 1 rings (SSSR count). The average Bonchev–Trinajstić information content (AvgIpc) is 2.27. The van der Waals surface area contributed by atoms with E-state index in [9.17, 15) is 16.8 Å². The molecule has 0 unspecified atom stereocenters. The topological polar surface area (TPSA) is 110 Å². The first-order valence-electron chi connectivity index (χ1n) is 4.66. The number of benzene rings is 1. The van der Waals surface area contributed by atoms with Crippen molar-refractivity contribution < 1.29 is 25.6 Å². The Balaban J connectivity index is 2.77. The summed E-state index contributed by atoms with van der Waals surface area (Å²) < 4.78 is 56.2. The fourth-order valence-corrected chi connectivity index (χ4v) is 2.61. The van der Waals surface area contributed by atoms with E-state index in [4.69, 9.17) is 4.55 Å². The van der Waals surface area contributed by atoms with Gasteiger partial charge < -0.3 is 0 Å². The Labute approximate surface area is 105 Å². The van der Waals surface area contributed by atoms with Crippen LogP contribution >= 0.6 is 0 Å². The number of hydrogen-bond donors (Lipinski definition) is 1. The first-order chi connectivity index (χ1) is 8.24. The highest BCUT2D eigenvalue weighted by atomic mass is 32.3. The SMILES string of the molecule is C=Nc1ccc(S(=O)(=O)CCOS(=O)(=O)O)cc1. The highest BCUT2D eigenvalue weighted by molar-refractivity contribution is 7.91. The van der Waals surface area contributed by atoms with Crippen LogP contribution in [0.25, 0.3) is 0 Å². The lowest BCUT2D eigenvalue weighted by Gasteiger charge is -2.04. The van der Waals surface area contributed by atoms with Gasteiger partial charge in [-0.25, -0.2) is 12.6 Å². The molecule has 9 heteroatoms. The van der Waals surface area contributed by atoms with Crippen LogP contribution in [0.5, 0.6) is 0 Å². The molecular formula is C9H11NO6S2.